The van der Waals surface area contributed by atoms with Crippen molar-refractivity contribution in [3.63, 3.8) is 0 Å². The summed E-state index contributed by atoms with van der Waals surface area (Å²) >= 11 is 0. The van der Waals surface area contributed by atoms with Crippen LogP contribution in [0.5, 0.6) is 0 Å². The van der Waals surface area contributed by atoms with Crippen molar-refractivity contribution >= 4 is 6.09 Å². The van der Waals surface area contributed by atoms with Crippen LogP contribution in [0.4, 0.5) is 4.79 Å². The van der Waals surface area contributed by atoms with Gasteiger partial charge in [0.05, 0.1) is 12.1 Å². The van der Waals surface area contributed by atoms with Crippen LogP contribution in [0.25, 0.3) is 0 Å². The molecule has 0 aliphatic carbocycles. The largest absolute Gasteiger partial charge is 0.447 e. The summed E-state index contributed by atoms with van der Waals surface area (Å²) in [4.78, 5) is 13.7. The molecular weight excluding hydrogens is 214 g/mol. The molecule has 1 aromatic rings. The Morgan fingerprint density at radius 3 is 2.47 bits per heavy atom. The standard InChI is InChI=1S/C14H19NO2/c1-10(2)13-9-17-14(16)15(13)11(3)12-7-5-4-6-8-12/h4-8,10-11,13H,9H2,1-3H3/t11-,13-/m1/s1. The second kappa shape index (κ2) is 4.78. The second-order valence-corrected chi connectivity index (χ2v) is 4.88. The van der Waals surface area contributed by atoms with Crippen LogP contribution in [-0.4, -0.2) is 23.6 Å². The second-order valence-electron chi connectivity index (χ2n) is 4.88. The first-order valence-corrected chi connectivity index (χ1v) is 6.11. The Morgan fingerprint density at radius 1 is 1.24 bits per heavy atom. The smallest absolute Gasteiger partial charge is 0.410 e. The highest BCUT2D eigenvalue weighted by Crippen LogP contribution is 2.30. The normalized spacial score (nSPS) is 21.8. The van der Waals surface area contributed by atoms with Gasteiger partial charge in [0.2, 0.25) is 0 Å². The lowest BCUT2D eigenvalue weighted by Crippen LogP contribution is -2.38. The summed E-state index contributed by atoms with van der Waals surface area (Å²) in [7, 11) is 0. The van der Waals surface area contributed by atoms with Crippen molar-refractivity contribution in [3.8, 4) is 0 Å². The summed E-state index contributed by atoms with van der Waals surface area (Å²) in [6, 6.07) is 10.3. The number of hydrogen-bond acceptors (Lipinski definition) is 2. The van der Waals surface area contributed by atoms with Crippen molar-refractivity contribution in [2.45, 2.75) is 32.9 Å². The number of ether oxygens (including phenoxy) is 1. The van der Waals surface area contributed by atoms with Gasteiger partial charge < -0.3 is 4.74 Å². The van der Waals surface area contributed by atoms with Gasteiger partial charge in [-0.2, -0.15) is 0 Å². The molecule has 0 spiro atoms. The average Bonchev–Trinajstić information content (AvgIpc) is 2.71. The van der Waals surface area contributed by atoms with Crippen LogP contribution in [0.15, 0.2) is 30.3 Å². The minimum absolute atomic E-state index is 0.0681. The number of nitrogens with zero attached hydrogens (tertiary/aromatic N) is 1. The minimum Gasteiger partial charge on any atom is -0.447 e. The van der Waals surface area contributed by atoms with Gasteiger partial charge in [-0.15, -0.1) is 0 Å². The van der Waals surface area contributed by atoms with Crippen LogP contribution in [0.3, 0.4) is 0 Å². The highest BCUT2D eigenvalue weighted by atomic mass is 16.6. The van der Waals surface area contributed by atoms with Crippen LogP contribution in [-0.2, 0) is 4.74 Å². The summed E-state index contributed by atoms with van der Waals surface area (Å²) in [5, 5.41) is 0. The van der Waals surface area contributed by atoms with Gasteiger partial charge in [0.15, 0.2) is 0 Å². The van der Waals surface area contributed by atoms with Crippen molar-refractivity contribution in [1.29, 1.82) is 0 Å². The van der Waals surface area contributed by atoms with E-state index < -0.39 is 0 Å². The van der Waals surface area contributed by atoms with Gasteiger partial charge in [-0.1, -0.05) is 44.2 Å². The lowest BCUT2D eigenvalue weighted by atomic mass is 10.00. The Bertz CT molecular complexity index is 388. The zero-order chi connectivity index (χ0) is 12.4. The maximum absolute atomic E-state index is 11.8. The van der Waals surface area contributed by atoms with Gasteiger partial charge in [-0.05, 0) is 18.4 Å². The molecule has 1 amide bonds. The zero-order valence-electron chi connectivity index (χ0n) is 10.6. The molecule has 2 atom stereocenters. The van der Waals surface area contributed by atoms with E-state index in [0.29, 0.717) is 12.5 Å². The Hall–Kier alpha value is -1.51. The van der Waals surface area contributed by atoms with Crippen LogP contribution in [0, 0.1) is 5.92 Å². The third-order valence-corrected chi connectivity index (χ3v) is 3.41. The summed E-state index contributed by atoms with van der Waals surface area (Å²) in [6.07, 6.45) is -0.194. The molecule has 3 nitrogen and oxygen atoms in total. The number of rotatable bonds is 3. The molecule has 1 heterocycles. The van der Waals surface area contributed by atoms with E-state index in [1.165, 1.54) is 0 Å². The number of benzene rings is 1. The molecule has 0 N–H and O–H groups in total. The molecule has 1 aliphatic rings. The number of carbonyl (C=O) groups is 1. The van der Waals surface area contributed by atoms with Crippen molar-refractivity contribution in [2.24, 2.45) is 5.92 Å². The molecule has 1 saturated heterocycles. The van der Waals surface area contributed by atoms with Crippen molar-refractivity contribution in [3.05, 3.63) is 35.9 Å². The van der Waals surface area contributed by atoms with Gasteiger partial charge in [-0.3, -0.25) is 4.90 Å². The van der Waals surface area contributed by atoms with Crippen LogP contribution >= 0.6 is 0 Å². The molecule has 3 heteroatoms. The van der Waals surface area contributed by atoms with E-state index >= 15 is 0 Å². The van der Waals surface area contributed by atoms with Crippen molar-refractivity contribution in [2.75, 3.05) is 6.61 Å². The molecule has 0 unspecified atom stereocenters. The van der Waals surface area contributed by atoms with Crippen LogP contribution < -0.4 is 0 Å². The molecule has 17 heavy (non-hydrogen) atoms. The fraction of sp³-hybridized carbons (Fsp3) is 0.500. The van der Waals surface area contributed by atoms with Gasteiger partial charge >= 0.3 is 6.09 Å². The van der Waals surface area contributed by atoms with Crippen LogP contribution in [0.2, 0.25) is 0 Å². The lowest BCUT2D eigenvalue weighted by Gasteiger charge is -2.30. The Labute approximate surface area is 102 Å². The molecule has 0 aromatic heterocycles. The van der Waals surface area contributed by atoms with E-state index in [1.54, 1.807) is 0 Å². The summed E-state index contributed by atoms with van der Waals surface area (Å²) in [6.45, 7) is 6.81. The van der Waals surface area contributed by atoms with E-state index in [2.05, 4.69) is 20.8 Å². The van der Waals surface area contributed by atoms with E-state index in [9.17, 15) is 4.79 Å². The van der Waals surface area contributed by atoms with E-state index in [4.69, 9.17) is 4.74 Å². The zero-order valence-corrected chi connectivity index (χ0v) is 10.6. The predicted molar refractivity (Wildman–Crippen MR) is 66.7 cm³/mol. The Balaban J connectivity index is 2.23. The fourth-order valence-corrected chi connectivity index (χ4v) is 2.30. The average molecular weight is 233 g/mol. The highest BCUT2D eigenvalue weighted by Gasteiger charge is 2.38. The number of amides is 1. The molecule has 0 radical (unpaired) electrons. The minimum atomic E-state index is -0.194. The molecular formula is C14H19NO2. The molecule has 0 bridgehead atoms. The first-order chi connectivity index (χ1) is 8.11. The molecule has 1 aliphatic heterocycles. The van der Waals surface area contributed by atoms with E-state index in [-0.39, 0.29) is 18.2 Å². The molecule has 1 fully saturated rings. The molecule has 2 rings (SSSR count). The van der Waals surface area contributed by atoms with Gasteiger partial charge in [0.1, 0.15) is 6.61 Å². The highest BCUT2D eigenvalue weighted by molar-refractivity contribution is 5.70. The lowest BCUT2D eigenvalue weighted by molar-refractivity contribution is 0.143. The first-order valence-electron chi connectivity index (χ1n) is 6.11. The first kappa shape index (κ1) is 12.0. The maximum atomic E-state index is 11.8. The molecule has 1 aromatic carbocycles. The molecule has 0 saturated carbocycles. The van der Waals surface area contributed by atoms with Crippen LogP contribution in [0.1, 0.15) is 32.4 Å². The monoisotopic (exact) mass is 233 g/mol. The SMILES string of the molecule is CC(C)[C@H]1COC(=O)N1[C@H](C)c1ccccc1. The maximum Gasteiger partial charge on any atom is 0.410 e. The predicted octanol–water partition coefficient (Wildman–Crippen LogP) is 3.22. The number of carbonyl (C=O) groups excluding carboxylic acids is 1. The number of cyclic esters (lactones) is 1. The molecule has 92 valence electrons. The number of hydrogen-bond donors (Lipinski definition) is 0. The summed E-state index contributed by atoms with van der Waals surface area (Å²) in [5.74, 6) is 0.410. The third-order valence-electron chi connectivity index (χ3n) is 3.41. The Morgan fingerprint density at radius 2 is 1.88 bits per heavy atom. The van der Waals surface area contributed by atoms with Crippen molar-refractivity contribution in [1.82, 2.24) is 4.90 Å². The third kappa shape index (κ3) is 2.28. The topological polar surface area (TPSA) is 29.5 Å². The summed E-state index contributed by atoms with van der Waals surface area (Å²) < 4.78 is 5.17. The van der Waals surface area contributed by atoms with Gasteiger partial charge in [-0.25, -0.2) is 4.79 Å². The van der Waals surface area contributed by atoms with E-state index in [1.807, 2.05) is 35.2 Å². The quantitative estimate of drug-likeness (QED) is 0.802. The van der Waals surface area contributed by atoms with Gasteiger partial charge in [0, 0.05) is 0 Å². The van der Waals surface area contributed by atoms with E-state index in [0.717, 1.165) is 5.56 Å². The Kier molecular flexibility index (Phi) is 3.36. The van der Waals surface area contributed by atoms with Crippen molar-refractivity contribution < 1.29 is 9.53 Å². The fourth-order valence-electron chi connectivity index (χ4n) is 2.30. The summed E-state index contributed by atoms with van der Waals surface area (Å²) in [5.41, 5.74) is 1.15. The van der Waals surface area contributed by atoms with Gasteiger partial charge in [0.25, 0.3) is 0 Å².